The maximum Gasteiger partial charge on any atom is 0.243 e. The molecule has 3 N–H and O–H groups in total. The van der Waals surface area contributed by atoms with Crippen molar-refractivity contribution in [3.63, 3.8) is 0 Å². The first kappa shape index (κ1) is 13.6. The lowest BCUT2D eigenvalue weighted by atomic mass is 10.1. The van der Waals surface area contributed by atoms with Crippen molar-refractivity contribution in [1.29, 1.82) is 0 Å². The quantitative estimate of drug-likeness (QED) is 0.710. The van der Waals surface area contributed by atoms with Crippen LogP contribution in [-0.4, -0.2) is 35.6 Å². The van der Waals surface area contributed by atoms with Gasteiger partial charge in [-0.2, -0.15) is 0 Å². The van der Waals surface area contributed by atoms with E-state index >= 15 is 0 Å². The maximum absolute atomic E-state index is 12.2. The monoisotopic (exact) mass is 286 g/mol. The van der Waals surface area contributed by atoms with E-state index in [9.17, 15) is 4.79 Å². The van der Waals surface area contributed by atoms with E-state index in [0.29, 0.717) is 13.2 Å². The molecule has 3 rings (SSSR count). The number of carbonyl (C=O) groups is 1. The van der Waals surface area contributed by atoms with Crippen LogP contribution in [0.5, 0.6) is 5.75 Å². The van der Waals surface area contributed by atoms with Crippen molar-refractivity contribution < 1.29 is 9.53 Å². The summed E-state index contributed by atoms with van der Waals surface area (Å²) in [5.74, 6) is 0.733. The lowest BCUT2D eigenvalue weighted by Crippen LogP contribution is -2.42. The van der Waals surface area contributed by atoms with Gasteiger partial charge in [0.1, 0.15) is 18.4 Å². The summed E-state index contributed by atoms with van der Waals surface area (Å²) in [7, 11) is 0. The first-order valence-corrected chi connectivity index (χ1v) is 7.05. The van der Waals surface area contributed by atoms with E-state index in [2.05, 4.69) is 20.6 Å². The molecular weight excluding hydrogens is 268 g/mol. The summed E-state index contributed by atoms with van der Waals surface area (Å²) in [5, 5.41) is 6.06. The van der Waals surface area contributed by atoms with Crippen LogP contribution in [0.1, 0.15) is 17.4 Å². The first-order chi connectivity index (χ1) is 10.3. The minimum Gasteiger partial charge on any atom is -0.492 e. The van der Waals surface area contributed by atoms with E-state index < -0.39 is 0 Å². The van der Waals surface area contributed by atoms with Crippen LogP contribution in [0.4, 0.5) is 0 Å². The number of benzene rings is 1. The van der Waals surface area contributed by atoms with Gasteiger partial charge in [-0.15, -0.1) is 0 Å². The molecule has 21 heavy (non-hydrogen) atoms. The summed E-state index contributed by atoms with van der Waals surface area (Å²) in [6, 6.07) is 9.17. The number of imidazole rings is 1. The van der Waals surface area contributed by atoms with Crippen molar-refractivity contribution in [1.82, 2.24) is 20.6 Å². The Kier molecular flexibility index (Phi) is 4.16. The molecule has 1 aliphatic heterocycles. The molecule has 0 bridgehead atoms. The summed E-state index contributed by atoms with van der Waals surface area (Å²) < 4.78 is 5.54. The summed E-state index contributed by atoms with van der Waals surface area (Å²) in [6.07, 6.45) is 2.51. The molecule has 1 amide bonds. The first-order valence-electron chi connectivity index (χ1n) is 7.05. The fraction of sp³-hybridized carbons (Fsp3) is 0.333. The SMILES string of the molecule is O=C(NCCOc1ccccc1)C1NCCc2[nH]cnc21. The van der Waals surface area contributed by atoms with Crippen molar-refractivity contribution >= 4 is 5.91 Å². The van der Waals surface area contributed by atoms with Gasteiger partial charge in [-0.25, -0.2) is 4.98 Å². The Balaban J connectivity index is 1.47. The van der Waals surface area contributed by atoms with Gasteiger partial charge in [-0.1, -0.05) is 18.2 Å². The predicted octanol–water partition coefficient (Wildman–Crippen LogP) is 0.792. The van der Waals surface area contributed by atoms with Crippen LogP contribution in [0.2, 0.25) is 0 Å². The summed E-state index contributed by atoms with van der Waals surface area (Å²) in [6.45, 7) is 1.68. The number of carbonyl (C=O) groups excluding carboxylic acids is 1. The number of H-pyrrole nitrogens is 1. The number of fused-ring (bicyclic) bond motifs is 1. The van der Waals surface area contributed by atoms with E-state index in [1.54, 1.807) is 6.33 Å². The zero-order valence-corrected chi connectivity index (χ0v) is 11.6. The molecule has 1 atom stereocenters. The van der Waals surface area contributed by atoms with Crippen LogP contribution in [0.25, 0.3) is 0 Å². The highest BCUT2D eigenvalue weighted by Gasteiger charge is 2.27. The Morgan fingerprint density at radius 1 is 1.38 bits per heavy atom. The second-order valence-corrected chi connectivity index (χ2v) is 4.86. The molecule has 1 unspecified atom stereocenters. The Morgan fingerprint density at radius 3 is 3.10 bits per heavy atom. The molecule has 1 aromatic heterocycles. The van der Waals surface area contributed by atoms with E-state index in [0.717, 1.165) is 30.1 Å². The standard InChI is InChI=1S/C15H18N4O2/c20-15(14-13-12(6-7-16-14)18-10-19-13)17-8-9-21-11-4-2-1-3-5-11/h1-5,10,14,16H,6-9H2,(H,17,20)(H,18,19). The van der Waals surface area contributed by atoms with Crippen LogP contribution in [-0.2, 0) is 11.2 Å². The smallest absolute Gasteiger partial charge is 0.243 e. The Labute approximate surface area is 122 Å². The Morgan fingerprint density at radius 2 is 2.24 bits per heavy atom. The summed E-state index contributed by atoms with van der Waals surface area (Å²) in [5.41, 5.74) is 1.83. The van der Waals surface area contributed by atoms with Gasteiger partial charge < -0.3 is 20.4 Å². The third-order valence-electron chi connectivity index (χ3n) is 3.42. The van der Waals surface area contributed by atoms with E-state index in [-0.39, 0.29) is 11.9 Å². The van der Waals surface area contributed by atoms with Gasteiger partial charge in [-0.05, 0) is 12.1 Å². The second kappa shape index (κ2) is 6.41. The zero-order valence-electron chi connectivity index (χ0n) is 11.6. The topological polar surface area (TPSA) is 79.0 Å². The minimum absolute atomic E-state index is 0.0697. The Hall–Kier alpha value is -2.34. The fourth-order valence-electron chi connectivity index (χ4n) is 2.40. The molecule has 6 nitrogen and oxygen atoms in total. The minimum atomic E-state index is -0.378. The van der Waals surface area contributed by atoms with Crippen molar-refractivity contribution in [2.75, 3.05) is 19.7 Å². The average molecular weight is 286 g/mol. The summed E-state index contributed by atoms with van der Waals surface area (Å²) >= 11 is 0. The van der Waals surface area contributed by atoms with Gasteiger partial charge in [0.2, 0.25) is 5.91 Å². The van der Waals surface area contributed by atoms with E-state index in [1.165, 1.54) is 0 Å². The fourth-order valence-corrected chi connectivity index (χ4v) is 2.40. The number of ether oxygens (including phenoxy) is 1. The average Bonchev–Trinajstić information content (AvgIpc) is 3.01. The molecule has 0 saturated heterocycles. The number of nitrogens with one attached hydrogen (secondary N) is 3. The molecule has 1 aromatic carbocycles. The molecule has 6 heteroatoms. The zero-order chi connectivity index (χ0) is 14.5. The number of nitrogens with zero attached hydrogens (tertiary/aromatic N) is 1. The highest BCUT2D eigenvalue weighted by atomic mass is 16.5. The number of aromatic amines is 1. The van der Waals surface area contributed by atoms with Gasteiger partial charge in [0.15, 0.2) is 0 Å². The van der Waals surface area contributed by atoms with Crippen LogP contribution in [0, 0.1) is 0 Å². The van der Waals surface area contributed by atoms with Gasteiger partial charge in [0.25, 0.3) is 0 Å². The Bertz CT molecular complexity index is 597. The number of rotatable bonds is 5. The highest BCUT2D eigenvalue weighted by molar-refractivity contribution is 5.83. The molecule has 2 aromatic rings. The number of para-hydroxylation sites is 1. The van der Waals surface area contributed by atoms with Gasteiger partial charge in [0, 0.05) is 18.7 Å². The van der Waals surface area contributed by atoms with Crippen molar-refractivity contribution in [3.05, 3.63) is 48.0 Å². The molecule has 0 fully saturated rings. The third kappa shape index (κ3) is 3.22. The number of amides is 1. The van der Waals surface area contributed by atoms with Crippen LogP contribution in [0.15, 0.2) is 36.7 Å². The molecule has 0 saturated carbocycles. The number of hydrogen-bond acceptors (Lipinski definition) is 4. The predicted molar refractivity (Wildman–Crippen MR) is 78.0 cm³/mol. The summed E-state index contributed by atoms with van der Waals surface area (Å²) in [4.78, 5) is 19.5. The molecule has 0 aliphatic carbocycles. The lowest BCUT2D eigenvalue weighted by Gasteiger charge is -2.22. The molecule has 1 aliphatic rings. The molecule has 0 radical (unpaired) electrons. The maximum atomic E-state index is 12.2. The molecular formula is C15H18N4O2. The molecule has 110 valence electrons. The number of aromatic nitrogens is 2. The lowest BCUT2D eigenvalue weighted by molar-refractivity contribution is -0.123. The number of hydrogen-bond donors (Lipinski definition) is 3. The van der Waals surface area contributed by atoms with Crippen LogP contribution < -0.4 is 15.4 Å². The normalized spacial score (nSPS) is 17.0. The van der Waals surface area contributed by atoms with Crippen LogP contribution >= 0.6 is 0 Å². The van der Waals surface area contributed by atoms with Crippen molar-refractivity contribution in [2.45, 2.75) is 12.5 Å². The van der Waals surface area contributed by atoms with Crippen LogP contribution in [0.3, 0.4) is 0 Å². The van der Waals surface area contributed by atoms with E-state index in [1.807, 2.05) is 30.3 Å². The molecule has 0 spiro atoms. The largest absolute Gasteiger partial charge is 0.492 e. The van der Waals surface area contributed by atoms with Gasteiger partial charge >= 0.3 is 0 Å². The van der Waals surface area contributed by atoms with Gasteiger partial charge in [-0.3, -0.25) is 4.79 Å². The highest BCUT2D eigenvalue weighted by Crippen LogP contribution is 2.18. The third-order valence-corrected chi connectivity index (χ3v) is 3.42. The van der Waals surface area contributed by atoms with Crippen molar-refractivity contribution in [2.24, 2.45) is 0 Å². The molecule has 2 heterocycles. The van der Waals surface area contributed by atoms with Crippen molar-refractivity contribution in [3.8, 4) is 5.75 Å². The second-order valence-electron chi connectivity index (χ2n) is 4.86. The van der Waals surface area contributed by atoms with E-state index in [4.69, 9.17) is 4.74 Å². The van der Waals surface area contributed by atoms with Gasteiger partial charge in [0.05, 0.1) is 18.6 Å².